The van der Waals surface area contributed by atoms with Crippen LogP contribution in [0.15, 0.2) is 18.5 Å². The third-order valence-corrected chi connectivity index (χ3v) is 1.82. The Morgan fingerprint density at radius 1 is 1.50 bits per heavy atom. The first-order valence-electron chi connectivity index (χ1n) is 4.46. The molecule has 0 aliphatic carbocycles. The van der Waals surface area contributed by atoms with Gasteiger partial charge in [-0.25, -0.2) is 4.98 Å². The van der Waals surface area contributed by atoms with E-state index in [1.165, 1.54) is 0 Å². The lowest BCUT2D eigenvalue weighted by molar-refractivity contribution is 0.657. The summed E-state index contributed by atoms with van der Waals surface area (Å²) in [5.74, 6) is 1.56. The fourth-order valence-corrected chi connectivity index (χ4v) is 1.19. The first-order chi connectivity index (χ1) is 6.88. The van der Waals surface area contributed by atoms with Crippen LogP contribution in [0.4, 0.5) is 0 Å². The molecule has 2 aromatic rings. The molecule has 0 unspecified atom stereocenters. The van der Waals surface area contributed by atoms with Crippen LogP contribution in [0.1, 0.15) is 11.6 Å². The van der Waals surface area contributed by atoms with Crippen molar-refractivity contribution >= 4 is 0 Å². The summed E-state index contributed by atoms with van der Waals surface area (Å²) in [6, 6.07) is 1.87. The van der Waals surface area contributed by atoms with Crippen molar-refractivity contribution in [2.75, 3.05) is 6.54 Å². The van der Waals surface area contributed by atoms with E-state index < -0.39 is 0 Å². The van der Waals surface area contributed by atoms with Gasteiger partial charge in [0.2, 0.25) is 0 Å². The van der Waals surface area contributed by atoms with Gasteiger partial charge in [0.05, 0.1) is 0 Å². The lowest BCUT2D eigenvalue weighted by Crippen LogP contribution is -2.04. The van der Waals surface area contributed by atoms with Gasteiger partial charge in [0, 0.05) is 18.8 Å². The molecule has 0 aliphatic heterocycles. The first kappa shape index (κ1) is 8.89. The highest BCUT2D eigenvalue weighted by molar-refractivity contribution is 4.92. The SMILES string of the molecule is NCCc1n[nH]c(Cn2cccn2)n1. The van der Waals surface area contributed by atoms with Gasteiger partial charge in [0.1, 0.15) is 12.4 Å². The minimum absolute atomic E-state index is 0.569. The van der Waals surface area contributed by atoms with Crippen molar-refractivity contribution in [3.63, 3.8) is 0 Å². The van der Waals surface area contributed by atoms with Crippen LogP contribution in [0.3, 0.4) is 0 Å². The monoisotopic (exact) mass is 192 g/mol. The molecule has 14 heavy (non-hydrogen) atoms. The zero-order valence-corrected chi connectivity index (χ0v) is 7.72. The van der Waals surface area contributed by atoms with E-state index in [-0.39, 0.29) is 0 Å². The lowest BCUT2D eigenvalue weighted by Gasteiger charge is -1.94. The molecule has 6 nitrogen and oxygen atoms in total. The number of H-pyrrole nitrogens is 1. The van der Waals surface area contributed by atoms with Crippen LogP contribution >= 0.6 is 0 Å². The number of nitrogens with one attached hydrogen (secondary N) is 1. The number of nitrogens with two attached hydrogens (primary N) is 1. The number of hydrogen-bond acceptors (Lipinski definition) is 4. The third kappa shape index (κ3) is 1.97. The largest absolute Gasteiger partial charge is 0.330 e. The molecule has 0 fully saturated rings. The Morgan fingerprint density at radius 3 is 3.14 bits per heavy atom. The first-order valence-corrected chi connectivity index (χ1v) is 4.46. The average molecular weight is 192 g/mol. The maximum Gasteiger partial charge on any atom is 0.152 e. The Kier molecular flexibility index (Phi) is 2.55. The Balaban J connectivity index is 2.03. The summed E-state index contributed by atoms with van der Waals surface area (Å²) in [6.45, 7) is 1.18. The van der Waals surface area contributed by atoms with E-state index in [2.05, 4.69) is 20.3 Å². The Hall–Kier alpha value is -1.69. The lowest BCUT2D eigenvalue weighted by atomic mass is 10.4. The molecule has 0 bridgehead atoms. The number of aromatic nitrogens is 5. The highest BCUT2D eigenvalue weighted by atomic mass is 15.3. The second-order valence-electron chi connectivity index (χ2n) is 2.94. The molecule has 0 aromatic carbocycles. The summed E-state index contributed by atoms with van der Waals surface area (Å²) in [4.78, 5) is 4.27. The molecule has 2 aromatic heterocycles. The smallest absolute Gasteiger partial charge is 0.152 e. The summed E-state index contributed by atoms with van der Waals surface area (Å²) in [5, 5.41) is 11.0. The van der Waals surface area contributed by atoms with Gasteiger partial charge in [-0.3, -0.25) is 9.78 Å². The predicted octanol–water partition coefficient (Wildman–Crippen LogP) is -0.449. The maximum absolute atomic E-state index is 5.39. The molecular formula is C8H12N6. The predicted molar refractivity (Wildman–Crippen MR) is 50.5 cm³/mol. The van der Waals surface area contributed by atoms with Crippen molar-refractivity contribution in [1.82, 2.24) is 25.0 Å². The topological polar surface area (TPSA) is 85.4 Å². The molecule has 6 heteroatoms. The summed E-state index contributed by atoms with van der Waals surface area (Å²) >= 11 is 0. The van der Waals surface area contributed by atoms with Crippen molar-refractivity contribution in [2.45, 2.75) is 13.0 Å². The molecule has 0 atom stereocenters. The van der Waals surface area contributed by atoms with E-state index in [1.54, 1.807) is 10.9 Å². The van der Waals surface area contributed by atoms with Crippen LogP contribution in [0, 0.1) is 0 Å². The van der Waals surface area contributed by atoms with Gasteiger partial charge in [0.25, 0.3) is 0 Å². The van der Waals surface area contributed by atoms with Crippen molar-refractivity contribution in [1.29, 1.82) is 0 Å². The Bertz CT molecular complexity index is 376. The van der Waals surface area contributed by atoms with Crippen molar-refractivity contribution < 1.29 is 0 Å². The maximum atomic E-state index is 5.39. The number of hydrogen-bond donors (Lipinski definition) is 2. The second-order valence-corrected chi connectivity index (χ2v) is 2.94. The highest BCUT2D eigenvalue weighted by Crippen LogP contribution is 1.96. The van der Waals surface area contributed by atoms with Gasteiger partial charge in [-0.05, 0) is 12.6 Å². The molecule has 3 N–H and O–H groups in total. The number of rotatable bonds is 4. The molecule has 2 heterocycles. The van der Waals surface area contributed by atoms with E-state index in [1.807, 2.05) is 12.3 Å². The van der Waals surface area contributed by atoms with Crippen LogP contribution in [0.25, 0.3) is 0 Å². The Labute approximate surface area is 81.1 Å². The van der Waals surface area contributed by atoms with Crippen molar-refractivity contribution in [3.8, 4) is 0 Å². The molecule has 0 radical (unpaired) electrons. The van der Waals surface area contributed by atoms with E-state index in [4.69, 9.17) is 5.73 Å². The molecular weight excluding hydrogens is 180 g/mol. The zero-order chi connectivity index (χ0) is 9.80. The summed E-state index contributed by atoms with van der Waals surface area (Å²) in [7, 11) is 0. The highest BCUT2D eigenvalue weighted by Gasteiger charge is 2.02. The van der Waals surface area contributed by atoms with Gasteiger partial charge in [-0.15, -0.1) is 0 Å². The summed E-state index contributed by atoms with van der Waals surface area (Å²) < 4.78 is 1.78. The second kappa shape index (κ2) is 4.01. The zero-order valence-electron chi connectivity index (χ0n) is 7.72. The van der Waals surface area contributed by atoms with Gasteiger partial charge in [-0.2, -0.15) is 10.2 Å². The standard InChI is InChI=1S/C8H12N6/c9-3-2-7-11-8(13-12-7)6-14-5-1-4-10-14/h1,4-5H,2-3,6,9H2,(H,11,12,13). The molecule has 74 valence electrons. The molecule has 0 aliphatic rings. The molecule has 0 spiro atoms. The van der Waals surface area contributed by atoms with E-state index in [9.17, 15) is 0 Å². The van der Waals surface area contributed by atoms with E-state index in [0.717, 1.165) is 11.6 Å². The van der Waals surface area contributed by atoms with Gasteiger partial charge < -0.3 is 5.73 Å². The van der Waals surface area contributed by atoms with E-state index >= 15 is 0 Å². The molecule has 0 saturated heterocycles. The quantitative estimate of drug-likeness (QED) is 0.687. The van der Waals surface area contributed by atoms with Crippen LogP contribution in [-0.4, -0.2) is 31.5 Å². The van der Waals surface area contributed by atoms with E-state index in [0.29, 0.717) is 19.5 Å². The fraction of sp³-hybridized carbons (Fsp3) is 0.375. The van der Waals surface area contributed by atoms with Gasteiger partial charge in [-0.1, -0.05) is 0 Å². The minimum Gasteiger partial charge on any atom is -0.330 e. The summed E-state index contributed by atoms with van der Waals surface area (Å²) in [6.07, 6.45) is 4.32. The van der Waals surface area contributed by atoms with Gasteiger partial charge >= 0.3 is 0 Å². The minimum atomic E-state index is 0.569. The fourth-order valence-electron chi connectivity index (χ4n) is 1.19. The average Bonchev–Trinajstić information content (AvgIpc) is 2.79. The summed E-state index contributed by atoms with van der Waals surface area (Å²) in [5.41, 5.74) is 5.39. The molecule has 2 rings (SSSR count). The van der Waals surface area contributed by atoms with Crippen LogP contribution < -0.4 is 5.73 Å². The van der Waals surface area contributed by atoms with Crippen LogP contribution in [0.2, 0.25) is 0 Å². The Morgan fingerprint density at radius 2 is 2.43 bits per heavy atom. The normalized spacial score (nSPS) is 10.6. The van der Waals surface area contributed by atoms with Crippen molar-refractivity contribution in [3.05, 3.63) is 30.1 Å². The van der Waals surface area contributed by atoms with Crippen LogP contribution in [-0.2, 0) is 13.0 Å². The third-order valence-electron chi connectivity index (χ3n) is 1.82. The van der Waals surface area contributed by atoms with Crippen LogP contribution in [0.5, 0.6) is 0 Å². The number of nitrogens with zero attached hydrogens (tertiary/aromatic N) is 4. The van der Waals surface area contributed by atoms with Gasteiger partial charge in [0.15, 0.2) is 5.82 Å². The van der Waals surface area contributed by atoms with Crippen molar-refractivity contribution in [2.24, 2.45) is 5.73 Å². The molecule has 0 saturated carbocycles. The number of aromatic amines is 1. The molecule has 0 amide bonds.